The van der Waals surface area contributed by atoms with Crippen LogP contribution < -0.4 is 20.5 Å². The molecule has 0 aliphatic heterocycles. The maximum Gasteiger partial charge on any atom is 0.223 e. The molecule has 1 saturated carbocycles. The fourth-order valence-corrected chi connectivity index (χ4v) is 5.14. The molecule has 1 fully saturated rings. The predicted molar refractivity (Wildman–Crippen MR) is 153 cm³/mol. The van der Waals surface area contributed by atoms with Crippen LogP contribution in [0.25, 0.3) is 0 Å². The molecule has 0 heterocycles. The number of aliphatic hydroxyl groups excluding tert-OH is 1. The zero-order chi connectivity index (χ0) is 28.5. The highest BCUT2D eigenvalue weighted by atomic mass is 16.5. The van der Waals surface area contributed by atoms with E-state index >= 15 is 0 Å². The minimum Gasteiger partial charge on any atom is -0.493 e. The lowest BCUT2D eigenvalue weighted by Gasteiger charge is -2.30. The van der Waals surface area contributed by atoms with Gasteiger partial charge < -0.3 is 30.4 Å². The second-order valence-electron chi connectivity index (χ2n) is 12.6. The number of rotatable bonds is 18. The first-order valence-corrected chi connectivity index (χ1v) is 14.4. The molecule has 0 bridgehead atoms. The third-order valence-corrected chi connectivity index (χ3v) is 8.37. The SMILES string of the molecule is COCCCOc1cc(C[C@@H](C[C@H](N)[C@@H](O)C[C@H](C(=O)NCC2CC2(C)C)C(C)C)C(C)C)ccc1OC. The molecule has 2 rings (SSSR count). The summed E-state index contributed by atoms with van der Waals surface area (Å²) in [6, 6.07) is 5.66. The highest BCUT2D eigenvalue weighted by Crippen LogP contribution is 2.51. The van der Waals surface area contributed by atoms with Crippen LogP contribution in [0.1, 0.15) is 72.8 Å². The van der Waals surface area contributed by atoms with Gasteiger partial charge in [0.05, 0.1) is 19.8 Å². The van der Waals surface area contributed by atoms with Gasteiger partial charge in [0, 0.05) is 38.6 Å². The number of hydrogen-bond donors (Lipinski definition) is 3. The summed E-state index contributed by atoms with van der Waals surface area (Å²) in [6.07, 6.45) is 3.10. The number of carbonyl (C=O) groups is 1. The van der Waals surface area contributed by atoms with E-state index in [2.05, 4.69) is 39.1 Å². The van der Waals surface area contributed by atoms with E-state index in [0.29, 0.717) is 55.6 Å². The Kier molecular flexibility index (Phi) is 12.9. The largest absolute Gasteiger partial charge is 0.493 e. The number of amides is 1. The van der Waals surface area contributed by atoms with Crippen LogP contribution in [0.2, 0.25) is 0 Å². The summed E-state index contributed by atoms with van der Waals surface area (Å²) in [5.41, 5.74) is 8.03. The van der Waals surface area contributed by atoms with E-state index in [1.54, 1.807) is 14.2 Å². The Hall–Kier alpha value is -1.83. The van der Waals surface area contributed by atoms with Gasteiger partial charge in [0.25, 0.3) is 0 Å². The molecule has 0 saturated heterocycles. The molecule has 1 unspecified atom stereocenters. The van der Waals surface area contributed by atoms with Gasteiger partial charge in [-0.3, -0.25) is 4.79 Å². The van der Waals surface area contributed by atoms with E-state index in [-0.39, 0.29) is 23.7 Å². The number of nitrogens with one attached hydrogen (secondary N) is 1. The molecule has 4 N–H and O–H groups in total. The van der Waals surface area contributed by atoms with Gasteiger partial charge in [0.2, 0.25) is 5.91 Å². The molecule has 0 aromatic heterocycles. The van der Waals surface area contributed by atoms with E-state index in [1.165, 1.54) is 0 Å². The normalized spacial score (nSPS) is 19.6. The monoisotopic (exact) mass is 534 g/mol. The van der Waals surface area contributed by atoms with Crippen molar-refractivity contribution >= 4 is 5.91 Å². The summed E-state index contributed by atoms with van der Waals surface area (Å²) >= 11 is 0. The average Bonchev–Trinajstić information content (AvgIpc) is 3.48. The Balaban J connectivity index is 1.98. The number of hydrogen-bond acceptors (Lipinski definition) is 6. The molecule has 1 aliphatic carbocycles. The molecule has 1 aromatic rings. The topological polar surface area (TPSA) is 103 Å². The maximum absolute atomic E-state index is 13.0. The molecule has 0 spiro atoms. The maximum atomic E-state index is 13.0. The first-order chi connectivity index (χ1) is 17.9. The van der Waals surface area contributed by atoms with Crippen LogP contribution in [0.3, 0.4) is 0 Å². The standard InChI is InChI=1S/C31H54N2O5/c1-20(2)23(14-22-10-11-28(37-8)29(15-22)38-13-9-12-36-7)16-26(32)27(34)17-25(21(3)4)30(35)33-19-24-18-31(24,5)6/h10-11,15,20-21,23-27,34H,9,12-14,16-19,32H2,1-8H3,(H,33,35)/t23-,24?,25-,26-,27-/m0/s1. The lowest BCUT2D eigenvalue weighted by atomic mass is 9.81. The van der Waals surface area contributed by atoms with E-state index in [0.717, 1.165) is 30.6 Å². The van der Waals surface area contributed by atoms with Crippen molar-refractivity contribution in [3.8, 4) is 11.5 Å². The van der Waals surface area contributed by atoms with Gasteiger partial charge >= 0.3 is 0 Å². The lowest BCUT2D eigenvalue weighted by molar-refractivity contribution is -0.127. The van der Waals surface area contributed by atoms with E-state index in [9.17, 15) is 9.90 Å². The van der Waals surface area contributed by atoms with Crippen LogP contribution in [0.5, 0.6) is 11.5 Å². The van der Waals surface area contributed by atoms with Crippen LogP contribution >= 0.6 is 0 Å². The highest BCUT2D eigenvalue weighted by Gasteiger charge is 2.45. The minimum atomic E-state index is -0.734. The summed E-state index contributed by atoms with van der Waals surface area (Å²) in [5, 5.41) is 14.2. The smallest absolute Gasteiger partial charge is 0.223 e. The molecule has 5 atom stereocenters. The first kappa shape index (κ1) is 32.4. The fourth-order valence-electron chi connectivity index (χ4n) is 5.14. The van der Waals surface area contributed by atoms with Gasteiger partial charge in [-0.15, -0.1) is 0 Å². The number of nitrogens with two attached hydrogens (primary N) is 1. The van der Waals surface area contributed by atoms with E-state index in [1.807, 2.05) is 26.0 Å². The first-order valence-electron chi connectivity index (χ1n) is 14.4. The number of ether oxygens (including phenoxy) is 3. The van der Waals surface area contributed by atoms with E-state index < -0.39 is 12.1 Å². The Bertz CT molecular complexity index is 857. The number of carbonyl (C=O) groups excluding carboxylic acids is 1. The van der Waals surface area contributed by atoms with Crippen molar-refractivity contribution in [3.05, 3.63) is 23.8 Å². The van der Waals surface area contributed by atoms with Crippen LogP contribution in [-0.4, -0.2) is 57.1 Å². The molecule has 218 valence electrons. The van der Waals surface area contributed by atoms with Crippen molar-refractivity contribution in [1.82, 2.24) is 5.32 Å². The minimum absolute atomic E-state index is 0.0330. The molecular formula is C31H54N2O5. The predicted octanol–water partition coefficient (Wildman–Crippen LogP) is 4.83. The molecule has 1 amide bonds. The van der Waals surface area contributed by atoms with Gasteiger partial charge in [-0.25, -0.2) is 0 Å². The van der Waals surface area contributed by atoms with Crippen molar-refractivity contribution in [1.29, 1.82) is 0 Å². The summed E-state index contributed by atoms with van der Waals surface area (Å²) in [6.45, 7) is 14.9. The third kappa shape index (κ3) is 10.0. The van der Waals surface area contributed by atoms with Gasteiger partial charge in [-0.2, -0.15) is 0 Å². The van der Waals surface area contributed by atoms with Crippen LogP contribution in [0.15, 0.2) is 18.2 Å². The van der Waals surface area contributed by atoms with Crippen molar-refractivity contribution in [3.63, 3.8) is 0 Å². The molecule has 7 heteroatoms. The van der Waals surface area contributed by atoms with Gasteiger partial charge in [-0.1, -0.05) is 47.6 Å². The molecular weight excluding hydrogens is 480 g/mol. The number of methoxy groups -OCH3 is 2. The van der Waals surface area contributed by atoms with Crippen molar-refractivity contribution in [2.24, 2.45) is 40.7 Å². The molecule has 38 heavy (non-hydrogen) atoms. The van der Waals surface area contributed by atoms with Crippen LogP contribution in [-0.2, 0) is 16.0 Å². The number of aliphatic hydroxyl groups is 1. The van der Waals surface area contributed by atoms with Gasteiger partial charge in [0.1, 0.15) is 0 Å². The molecule has 0 radical (unpaired) electrons. The Morgan fingerprint density at radius 3 is 2.34 bits per heavy atom. The lowest BCUT2D eigenvalue weighted by Crippen LogP contribution is -2.43. The fraction of sp³-hybridized carbons (Fsp3) is 0.774. The van der Waals surface area contributed by atoms with Crippen LogP contribution in [0, 0.1) is 35.0 Å². The number of benzene rings is 1. The second-order valence-corrected chi connectivity index (χ2v) is 12.6. The van der Waals surface area contributed by atoms with Crippen molar-refractivity contribution in [2.45, 2.75) is 85.8 Å². The van der Waals surface area contributed by atoms with Gasteiger partial charge in [-0.05, 0) is 72.5 Å². The Labute approximate surface area is 231 Å². The zero-order valence-electron chi connectivity index (χ0n) is 25.1. The summed E-state index contributed by atoms with van der Waals surface area (Å²) < 4.78 is 16.6. The Morgan fingerprint density at radius 2 is 1.79 bits per heavy atom. The van der Waals surface area contributed by atoms with Crippen molar-refractivity contribution < 1.29 is 24.1 Å². The average molecular weight is 535 g/mol. The second kappa shape index (κ2) is 15.1. The summed E-state index contributed by atoms with van der Waals surface area (Å²) in [4.78, 5) is 13.0. The highest BCUT2D eigenvalue weighted by molar-refractivity contribution is 5.79. The Morgan fingerprint density at radius 1 is 1.11 bits per heavy atom. The zero-order valence-corrected chi connectivity index (χ0v) is 25.1. The van der Waals surface area contributed by atoms with E-state index in [4.69, 9.17) is 19.9 Å². The molecule has 1 aromatic carbocycles. The molecule has 1 aliphatic rings. The summed E-state index contributed by atoms with van der Waals surface area (Å²) in [5.74, 6) is 2.56. The summed E-state index contributed by atoms with van der Waals surface area (Å²) in [7, 11) is 3.33. The molecule has 7 nitrogen and oxygen atoms in total. The van der Waals surface area contributed by atoms with Crippen molar-refractivity contribution in [2.75, 3.05) is 34.0 Å². The quantitative estimate of drug-likeness (QED) is 0.233. The van der Waals surface area contributed by atoms with Gasteiger partial charge in [0.15, 0.2) is 11.5 Å². The van der Waals surface area contributed by atoms with Crippen LogP contribution in [0.4, 0.5) is 0 Å². The third-order valence-electron chi connectivity index (χ3n) is 8.37.